The highest BCUT2D eigenvalue weighted by Gasteiger charge is 2.24. The third kappa shape index (κ3) is 2.64. The van der Waals surface area contributed by atoms with E-state index in [1.54, 1.807) is 0 Å². The van der Waals surface area contributed by atoms with Crippen LogP contribution >= 0.6 is 0 Å². The summed E-state index contributed by atoms with van der Waals surface area (Å²) in [4.78, 5) is 4.59. The standard InChI is InChI=1S/C20H20N2O2/c1-2-23-19-10-6-4-8-17(19)20-21-11-12-22(20)16-13-15-7-3-5-9-18(15)24-14-16/h3-12,16H,2,13-14H2,1H3/t16-/m1/s1. The fourth-order valence-corrected chi connectivity index (χ4v) is 3.24. The van der Waals surface area contributed by atoms with Gasteiger partial charge in [0.15, 0.2) is 0 Å². The second-order valence-corrected chi connectivity index (χ2v) is 5.86. The number of benzene rings is 2. The predicted octanol–water partition coefficient (Wildman–Crippen LogP) is 4.13. The summed E-state index contributed by atoms with van der Waals surface area (Å²) in [6.45, 7) is 3.28. The van der Waals surface area contributed by atoms with E-state index in [1.165, 1.54) is 5.56 Å². The summed E-state index contributed by atoms with van der Waals surface area (Å²) < 4.78 is 13.9. The highest BCUT2D eigenvalue weighted by molar-refractivity contribution is 5.64. The van der Waals surface area contributed by atoms with Crippen LogP contribution in [-0.4, -0.2) is 22.8 Å². The molecule has 1 aliphatic heterocycles. The lowest BCUT2D eigenvalue weighted by molar-refractivity contribution is 0.225. The van der Waals surface area contributed by atoms with Gasteiger partial charge < -0.3 is 14.0 Å². The Hall–Kier alpha value is -2.75. The smallest absolute Gasteiger partial charge is 0.144 e. The molecule has 0 saturated heterocycles. The van der Waals surface area contributed by atoms with Crippen molar-refractivity contribution in [1.29, 1.82) is 0 Å². The van der Waals surface area contributed by atoms with E-state index in [2.05, 4.69) is 27.8 Å². The first-order chi connectivity index (χ1) is 11.9. The van der Waals surface area contributed by atoms with Crippen molar-refractivity contribution in [2.45, 2.75) is 19.4 Å². The van der Waals surface area contributed by atoms with Crippen molar-refractivity contribution in [2.75, 3.05) is 13.2 Å². The van der Waals surface area contributed by atoms with Gasteiger partial charge in [0.05, 0.1) is 18.2 Å². The van der Waals surface area contributed by atoms with Crippen molar-refractivity contribution in [2.24, 2.45) is 0 Å². The molecule has 0 radical (unpaired) electrons. The minimum atomic E-state index is 0.229. The molecule has 0 aliphatic carbocycles. The van der Waals surface area contributed by atoms with Crippen LogP contribution in [0.25, 0.3) is 11.4 Å². The Morgan fingerprint density at radius 1 is 1.17 bits per heavy atom. The summed E-state index contributed by atoms with van der Waals surface area (Å²) in [5, 5.41) is 0. The molecule has 0 N–H and O–H groups in total. The summed E-state index contributed by atoms with van der Waals surface area (Å²) in [7, 11) is 0. The van der Waals surface area contributed by atoms with Crippen LogP contribution in [0.4, 0.5) is 0 Å². The molecular weight excluding hydrogens is 300 g/mol. The van der Waals surface area contributed by atoms with Crippen LogP contribution in [-0.2, 0) is 6.42 Å². The Bertz CT molecular complexity index is 841. The van der Waals surface area contributed by atoms with Crippen molar-refractivity contribution < 1.29 is 9.47 Å². The zero-order valence-electron chi connectivity index (χ0n) is 13.7. The van der Waals surface area contributed by atoms with Gasteiger partial charge in [-0.25, -0.2) is 4.98 Å². The molecule has 24 heavy (non-hydrogen) atoms. The van der Waals surface area contributed by atoms with E-state index in [0.717, 1.165) is 29.3 Å². The lowest BCUT2D eigenvalue weighted by Gasteiger charge is -2.27. The monoisotopic (exact) mass is 320 g/mol. The van der Waals surface area contributed by atoms with Crippen molar-refractivity contribution in [1.82, 2.24) is 9.55 Å². The summed E-state index contributed by atoms with van der Waals surface area (Å²) in [5.74, 6) is 2.78. The average molecular weight is 320 g/mol. The zero-order chi connectivity index (χ0) is 16.4. The topological polar surface area (TPSA) is 36.3 Å². The Labute approximate surface area is 141 Å². The Morgan fingerprint density at radius 2 is 2.00 bits per heavy atom. The lowest BCUT2D eigenvalue weighted by Crippen LogP contribution is -2.24. The summed E-state index contributed by atoms with van der Waals surface area (Å²) in [5.41, 5.74) is 2.26. The van der Waals surface area contributed by atoms with E-state index < -0.39 is 0 Å². The average Bonchev–Trinajstić information content (AvgIpc) is 3.11. The maximum atomic E-state index is 5.95. The summed E-state index contributed by atoms with van der Waals surface area (Å²) >= 11 is 0. The molecule has 0 spiro atoms. The zero-order valence-corrected chi connectivity index (χ0v) is 13.7. The molecule has 1 atom stereocenters. The molecule has 1 aromatic heterocycles. The Morgan fingerprint density at radius 3 is 2.92 bits per heavy atom. The van der Waals surface area contributed by atoms with Crippen molar-refractivity contribution in [3.05, 3.63) is 66.5 Å². The normalized spacial score (nSPS) is 16.3. The molecule has 0 bridgehead atoms. The van der Waals surface area contributed by atoms with Gasteiger partial charge in [-0.3, -0.25) is 0 Å². The Kier molecular flexibility index (Phi) is 3.95. The molecule has 122 valence electrons. The first kappa shape index (κ1) is 14.8. The molecule has 1 aliphatic rings. The van der Waals surface area contributed by atoms with Gasteiger partial charge in [-0.15, -0.1) is 0 Å². The van der Waals surface area contributed by atoms with Gasteiger partial charge in [0, 0.05) is 18.8 Å². The van der Waals surface area contributed by atoms with Crippen LogP contribution in [0.5, 0.6) is 11.5 Å². The van der Waals surface area contributed by atoms with Crippen molar-refractivity contribution in [3.8, 4) is 22.9 Å². The molecule has 0 amide bonds. The van der Waals surface area contributed by atoms with Crippen LogP contribution in [0.15, 0.2) is 60.9 Å². The van der Waals surface area contributed by atoms with E-state index in [0.29, 0.717) is 13.2 Å². The van der Waals surface area contributed by atoms with E-state index in [1.807, 2.05) is 49.6 Å². The number of nitrogens with zero attached hydrogens (tertiary/aromatic N) is 2. The lowest BCUT2D eigenvalue weighted by atomic mass is 10.0. The molecule has 4 nitrogen and oxygen atoms in total. The van der Waals surface area contributed by atoms with Crippen molar-refractivity contribution in [3.63, 3.8) is 0 Å². The third-order valence-corrected chi connectivity index (χ3v) is 4.35. The van der Waals surface area contributed by atoms with Gasteiger partial charge in [0.25, 0.3) is 0 Å². The fourth-order valence-electron chi connectivity index (χ4n) is 3.24. The molecule has 0 fully saturated rings. The summed E-state index contributed by atoms with van der Waals surface area (Å²) in [6, 6.07) is 16.5. The quantitative estimate of drug-likeness (QED) is 0.725. The molecule has 4 rings (SSSR count). The summed E-state index contributed by atoms with van der Waals surface area (Å²) in [6.07, 6.45) is 4.81. The maximum Gasteiger partial charge on any atom is 0.144 e. The predicted molar refractivity (Wildman–Crippen MR) is 93.5 cm³/mol. The second-order valence-electron chi connectivity index (χ2n) is 5.86. The number of imidazole rings is 1. The molecule has 3 aromatic rings. The van der Waals surface area contributed by atoms with Gasteiger partial charge in [0.2, 0.25) is 0 Å². The second kappa shape index (κ2) is 6.40. The highest BCUT2D eigenvalue weighted by atomic mass is 16.5. The SMILES string of the molecule is CCOc1ccccc1-c1nccn1[C@H]1COc2ccccc2C1. The fraction of sp³-hybridized carbons (Fsp3) is 0.250. The van der Waals surface area contributed by atoms with Crippen LogP contribution in [0.2, 0.25) is 0 Å². The number of aromatic nitrogens is 2. The maximum absolute atomic E-state index is 5.95. The minimum absolute atomic E-state index is 0.229. The van der Waals surface area contributed by atoms with Gasteiger partial charge in [0.1, 0.15) is 23.9 Å². The number of hydrogen-bond donors (Lipinski definition) is 0. The van der Waals surface area contributed by atoms with E-state index in [4.69, 9.17) is 9.47 Å². The van der Waals surface area contributed by atoms with E-state index in [-0.39, 0.29) is 6.04 Å². The first-order valence-electron chi connectivity index (χ1n) is 8.32. The molecule has 4 heteroatoms. The van der Waals surface area contributed by atoms with Crippen LogP contribution < -0.4 is 9.47 Å². The molecular formula is C20H20N2O2. The number of para-hydroxylation sites is 2. The Balaban J connectivity index is 1.69. The third-order valence-electron chi connectivity index (χ3n) is 4.35. The van der Waals surface area contributed by atoms with Gasteiger partial charge >= 0.3 is 0 Å². The first-order valence-corrected chi connectivity index (χ1v) is 8.32. The number of hydrogen-bond acceptors (Lipinski definition) is 3. The minimum Gasteiger partial charge on any atom is -0.493 e. The number of rotatable bonds is 4. The van der Waals surface area contributed by atoms with Crippen LogP contribution in [0.3, 0.4) is 0 Å². The van der Waals surface area contributed by atoms with Gasteiger partial charge in [-0.2, -0.15) is 0 Å². The van der Waals surface area contributed by atoms with E-state index in [9.17, 15) is 0 Å². The number of fused-ring (bicyclic) bond motifs is 1. The van der Waals surface area contributed by atoms with E-state index >= 15 is 0 Å². The van der Waals surface area contributed by atoms with Crippen molar-refractivity contribution >= 4 is 0 Å². The highest BCUT2D eigenvalue weighted by Crippen LogP contribution is 2.34. The van der Waals surface area contributed by atoms with Gasteiger partial charge in [-0.05, 0) is 30.7 Å². The van der Waals surface area contributed by atoms with Crippen LogP contribution in [0, 0.1) is 0 Å². The van der Waals surface area contributed by atoms with Crippen LogP contribution in [0.1, 0.15) is 18.5 Å². The molecule has 0 unspecified atom stereocenters. The largest absolute Gasteiger partial charge is 0.493 e. The molecule has 2 heterocycles. The van der Waals surface area contributed by atoms with Gasteiger partial charge in [-0.1, -0.05) is 30.3 Å². The number of ether oxygens (including phenoxy) is 2. The molecule has 2 aromatic carbocycles. The molecule has 0 saturated carbocycles.